The van der Waals surface area contributed by atoms with Gasteiger partial charge in [-0.05, 0) is 54.6 Å². The van der Waals surface area contributed by atoms with Crippen molar-refractivity contribution in [1.82, 2.24) is 9.97 Å². The highest BCUT2D eigenvalue weighted by Gasteiger charge is 2.12. The van der Waals surface area contributed by atoms with Crippen LogP contribution in [-0.2, 0) is 0 Å². The molecule has 0 amide bonds. The number of benzene rings is 1. The monoisotopic (exact) mass is 375 g/mol. The average Bonchev–Trinajstić information content (AvgIpc) is 2.38. The molecule has 0 bridgehead atoms. The normalized spacial score (nSPS) is 10.6. The second kappa shape index (κ2) is 5.77. The molecule has 0 aliphatic rings. The fraction of sp³-hybridized carbons (Fsp3) is 0.231. The Bertz CT molecular complexity index is 617. The van der Waals surface area contributed by atoms with Gasteiger partial charge >= 0.3 is 0 Å². The lowest BCUT2D eigenvalue weighted by atomic mass is 10.2. The zero-order valence-corrected chi connectivity index (χ0v) is 12.6. The van der Waals surface area contributed by atoms with E-state index >= 15 is 0 Å². The van der Waals surface area contributed by atoms with Crippen molar-refractivity contribution in [3.05, 3.63) is 39.1 Å². The number of aromatic nitrogens is 2. The van der Waals surface area contributed by atoms with E-state index in [0.29, 0.717) is 17.2 Å². The Morgan fingerprint density at radius 3 is 2.58 bits per heavy atom. The predicted molar refractivity (Wildman–Crippen MR) is 79.0 cm³/mol. The summed E-state index contributed by atoms with van der Waals surface area (Å²) >= 11 is 2.15. The molecule has 3 nitrogen and oxygen atoms in total. The zero-order chi connectivity index (χ0) is 14.0. The quantitative estimate of drug-likeness (QED) is 0.831. The summed E-state index contributed by atoms with van der Waals surface area (Å²) in [7, 11) is 0. The lowest BCUT2D eigenvalue weighted by molar-refractivity contribution is 0.509. The Balaban J connectivity index is 2.52. The molecular formula is C13H12F2IN3. The molecule has 100 valence electrons. The highest BCUT2D eigenvalue weighted by molar-refractivity contribution is 14.1. The molecule has 0 spiro atoms. The molecule has 2 aromatic rings. The Labute approximate surface area is 123 Å². The van der Waals surface area contributed by atoms with Crippen molar-refractivity contribution in [3.8, 4) is 11.4 Å². The molecule has 1 N–H and O–H groups in total. The van der Waals surface area contributed by atoms with E-state index < -0.39 is 11.6 Å². The zero-order valence-electron chi connectivity index (χ0n) is 10.5. The topological polar surface area (TPSA) is 37.8 Å². The minimum absolute atomic E-state index is 0.382. The molecule has 1 aromatic heterocycles. The van der Waals surface area contributed by atoms with E-state index in [1.165, 1.54) is 6.07 Å². The van der Waals surface area contributed by atoms with Crippen molar-refractivity contribution in [2.24, 2.45) is 0 Å². The summed E-state index contributed by atoms with van der Waals surface area (Å²) in [5.74, 6) is -0.691. The maximum Gasteiger partial charge on any atom is 0.161 e. The Morgan fingerprint density at radius 2 is 1.95 bits per heavy atom. The van der Waals surface area contributed by atoms with Crippen molar-refractivity contribution in [3.63, 3.8) is 0 Å². The fourth-order valence-electron chi connectivity index (χ4n) is 1.61. The number of nitrogens with zero attached hydrogens (tertiary/aromatic N) is 2. The van der Waals surface area contributed by atoms with Crippen molar-refractivity contribution >= 4 is 28.4 Å². The number of aryl methyl sites for hydroxylation is 1. The van der Waals surface area contributed by atoms with Gasteiger partial charge in [0.15, 0.2) is 17.5 Å². The average molecular weight is 375 g/mol. The number of halogens is 3. The first-order chi connectivity index (χ1) is 9.02. The molecule has 1 heterocycles. The van der Waals surface area contributed by atoms with Gasteiger partial charge in [-0.3, -0.25) is 0 Å². The third-order valence-corrected chi connectivity index (χ3v) is 3.83. The molecule has 0 saturated heterocycles. The standard InChI is InChI=1S/C13H12F2IN3/c1-3-17-13-11(16)7(2)18-12(19-13)8-4-5-9(14)10(15)6-8/h4-6H,3H2,1-2H3,(H,17,18,19). The largest absolute Gasteiger partial charge is 0.369 e. The maximum absolute atomic E-state index is 13.2. The summed E-state index contributed by atoms with van der Waals surface area (Å²) in [6, 6.07) is 3.65. The van der Waals surface area contributed by atoms with Gasteiger partial charge in [-0.1, -0.05) is 0 Å². The number of nitrogens with one attached hydrogen (secondary N) is 1. The van der Waals surface area contributed by atoms with E-state index in [9.17, 15) is 8.78 Å². The van der Waals surface area contributed by atoms with Crippen molar-refractivity contribution < 1.29 is 8.78 Å². The van der Waals surface area contributed by atoms with Crippen LogP contribution in [0.4, 0.5) is 14.6 Å². The van der Waals surface area contributed by atoms with Gasteiger partial charge in [0.05, 0.1) is 9.26 Å². The van der Waals surface area contributed by atoms with Crippen LogP contribution < -0.4 is 5.32 Å². The van der Waals surface area contributed by atoms with Gasteiger partial charge in [0.25, 0.3) is 0 Å². The number of hydrogen-bond acceptors (Lipinski definition) is 3. The van der Waals surface area contributed by atoms with Crippen LogP contribution in [0.2, 0.25) is 0 Å². The van der Waals surface area contributed by atoms with Crippen LogP contribution in [0.15, 0.2) is 18.2 Å². The summed E-state index contributed by atoms with van der Waals surface area (Å²) in [5, 5.41) is 3.13. The Morgan fingerprint density at radius 1 is 1.21 bits per heavy atom. The fourth-order valence-corrected chi connectivity index (χ4v) is 2.04. The third-order valence-electron chi connectivity index (χ3n) is 2.54. The van der Waals surface area contributed by atoms with Crippen LogP contribution in [0.1, 0.15) is 12.6 Å². The molecule has 6 heteroatoms. The maximum atomic E-state index is 13.2. The van der Waals surface area contributed by atoms with Crippen LogP contribution in [0, 0.1) is 22.1 Å². The second-order valence-electron chi connectivity index (χ2n) is 3.95. The van der Waals surface area contributed by atoms with Gasteiger partial charge in [0.2, 0.25) is 0 Å². The molecule has 0 radical (unpaired) electrons. The van der Waals surface area contributed by atoms with E-state index in [4.69, 9.17) is 0 Å². The summed E-state index contributed by atoms with van der Waals surface area (Å²) < 4.78 is 27.1. The highest BCUT2D eigenvalue weighted by Crippen LogP contribution is 2.24. The van der Waals surface area contributed by atoms with E-state index in [-0.39, 0.29) is 0 Å². The molecule has 0 aliphatic heterocycles. The van der Waals surface area contributed by atoms with E-state index in [1.807, 2.05) is 13.8 Å². The molecular weight excluding hydrogens is 363 g/mol. The molecule has 1 aromatic carbocycles. The van der Waals surface area contributed by atoms with Crippen molar-refractivity contribution in [2.45, 2.75) is 13.8 Å². The highest BCUT2D eigenvalue weighted by atomic mass is 127. The van der Waals surface area contributed by atoms with Crippen LogP contribution in [-0.4, -0.2) is 16.5 Å². The van der Waals surface area contributed by atoms with Crippen LogP contribution in [0.5, 0.6) is 0 Å². The van der Waals surface area contributed by atoms with Crippen molar-refractivity contribution in [1.29, 1.82) is 0 Å². The number of hydrogen-bond donors (Lipinski definition) is 1. The number of rotatable bonds is 3. The van der Waals surface area contributed by atoms with E-state index in [1.54, 1.807) is 0 Å². The lowest BCUT2D eigenvalue weighted by Gasteiger charge is -2.10. The van der Waals surface area contributed by atoms with Gasteiger partial charge in [0.1, 0.15) is 5.82 Å². The predicted octanol–water partition coefficient (Wildman–Crippen LogP) is 3.77. The summed E-state index contributed by atoms with van der Waals surface area (Å²) in [6.45, 7) is 4.54. The molecule has 0 atom stereocenters. The first-order valence-corrected chi connectivity index (χ1v) is 6.84. The summed E-state index contributed by atoms with van der Waals surface area (Å²) in [5.41, 5.74) is 1.25. The van der Waals surface area contributed by atoms with Gasteiger partial charge in [0, 0.05) is 12.1 Å². The van der Waals surface area contributed by atoms with Crippen LogP contribution in [0.25, 0.3) is 11.4 Å². The minimum atomic E-state index is -0.901. The first-order valence-electron chi connectivity index (χ1n) is 5.76. The third kappa shape index (κ3) is 2.99. The molecule has 0 aliphatic carbocycles. The molecule has 2 rings (SSSR count). The number of anilines is 1. The van der Waals surface area contributed by atoms with Crippen LogP contribution in [0.3, 0.4) is 0 Å². The smallest absolute Gasteiger partial charge is 0.161 e. The summed E-state index contributed by atoms with van der Waals surface area (Å²) in [6.07, 6.45) is 0. The molecule has 0 saturated carbocycles. The summed E-state index contributed by atoms with van der Waals surface area (Å²) in [4.78, 5) is 8.65. The van der Waals surface area contributed by atoms with E-state index in [0.717, 1.165) is 27.9 Å². The van der Waals surface area contributed by atoms with Crippen molar-refractivity contribution in [2.75, 3.05) is 11.9 Å². The minimum Gasteiger partial charge on any atom is -0.369 e. The molecule has 0 fully saturated rings. The van der Waals surface area contributed by atoms with Crippen LogP contribution >= 0.6 is 22.6 Å². The van der Waals surface area contributed by atoms with Gasteiger partial charge in [-0.25, -0.2) is 18.7 Å². The molecule has 19 heavy (non-hydrogen) atoms. The molecule has 0 unspecified atom stereocenters. The SMILES string of the molecule is CCNc1nc(-c2ccc(F)c(F)c2)nc(C)c1I. The van der Waals surface area contributed by atoms with Gasteiger partial charge < -0.3 is 5.32 Å². The second-order valence-corrected chi connectivity index (χ2v) is 5.03. The lowest BCUT2D eigenvalue weighted by Crippen LogP contribution is -2.06. The van der Waals surface area contributed by atoms with Gasteiger partial charge in [-0.15, -0.1) is 0 Å². The van der Waals surface area contributed by atoms with Gasteiger partial charge in [-0.2, -0.15) is 0 Å². The van der Waals surface area contributed by atoms with E-state index in [2.05, 4.69) is 37.9 Å². The Hall–Kier alpha value is -1.31. The first kappa shape index (κ1) is 14.1. The Kier molecular flexibility index (Phi) is 4.28.